The van der Waals surface area contributed by atoms with E-state index in [1.807, 2.05) is 13.0 Å². The number of aliphatic hydroxyl groups is 1. The van der Waals surface area contributed by atoms with Gasteiger partial charge < -0.3 is 15.2 Å². The fourth-order valence-corrected chi connectivity index (χ4v) is 1.43. The number of rotatable bonds is 6. The highest BCUT2D eigenvalue weighted by Gasteiger charge is 2.11. The van der Waals surface area contributed by atoms with E-state index in [2.05, 4.69) is 5.32 Å². The lowest BCUT2D eigenvalue weighted by molar-refractivity contribution is 0.0942. The smallest absolute Gasteiger partial charge is 0.255 e. The van der Waals surface area contributed by atoms with E-state index in [1.54, 1.807) is 25.1 Å². The summed E-state index contributed by atoms with van der Waals surface area (Å²) in [7, 11) is 0. The van der Waals surface area contributed by atoms with E-state index in [9.17, 15) is 4.79 Å². The van der Waals surface area contributed by atoms with Gasteiger partial charge in [0.2, 0.25) is 0 Å². The minimum Gasteiger partial charge on any atom is -0.493 e. The zero-order valence-electron chi connectivity index (χ0n) is 10.3. The molecule has 2 N–H and O–H groups in total. The molecule has 0 saturated heterocycles. The van der Waals surface area contributed by atoms with Gasteiger partial charge in [-0.05, 0) is 32.4 Å². The minimum absolute atomic E-state index is 0.172. The predicted octanol–water partition coefficient (Wildman–Crippen LogP) is 1.59. The standard InChI is InChI=1S/C13H19NO3/c1-3-17-12-7-5-4-6-11(12)13(16)14-9-8-10(2)15/h4-7,10,15H,3,8-9H2,1-2H3,(H,14,16). The maximum atomic E-state index is 11.8. The molecule has 0 radical (unpaired) electrons. The van der Waals surface area contributed by atoms with Gasteiger partial charge in [-0.2, -0.15) is 0 Å². The van der Waals surface area contributed by atoms with Gasteiger partial charge in [0.05, 0.1) is 18.3 Å². The second-order valence-electron chi connectivity index (χ2n) is 3.82. The minimum atomic E-state index is -0.405. The lowest BCUT2D eigenvalue weighted by Gasteiger charge is -2.10. The van der Waals surface area contributed by atoms with Crippen molar-refractivity contribution >= 4 is 5.91 Å². The molecular weight excluding hydrogens is 218 g/mol. The van der Waals surface area contributed by atoms with Crippen LogP contribution in [0.15, 0.2) is 24.3 Å². The van der Waals surface area contributed by atoms with E-state index >= 15 is 0 Å². The van der Waals surface area contributed by atoms with Crippen molar-refractivity contribution in [3.63, 3.8) is 0 Å². The first kappa shape index (κ1) is 13.5. The Morgan fingerprint density at radius 3 is 2.82 bits per heavy atom. The van der Waals surface area contributed by atoms with E-state index in [4.69, 9.17) is 9.84 Å². The van der Waals surface area contributed by atoms with Crippen molar-refractivity contribution in [1.29, 1.82) is 0 Å². The third-order valence-corrected chi connectivity index (χ3v) is 2.28. The molecular formula is C13H19NO3. The molecule has 1 aromatic rings. The van der Waals surface area contributed by atoms with E-state index in [-0.39, 0.29) is 5.91 Å². The average Bonchev–Trinajstić information content (AvgIpc) is 2.29. The Morgan fingerprint density at radius 1 is 1.47 bits per heavy atom. The molecule has 0 aromatic heterocycles. The number of nitrogens with one attached hydrogen (secondary N) is 1. The van der Waals surface area contributed by atoms with Crippen LogP contribution in [0.5, 0.6) is 5.75 Å². The van der Waals surface area contributed by atoms with Crippen LogP contribution < -0.4 is 10.1 Å². The first-order chi connectivity index (χ1) is 8.15. The third-order valence-electron chi connectivity index (χ3n) is 2.28. The number of benzene rings is 1. The topological polar surface area (TPSA) is 58.6 Å². The summed E-state index contributed by atoms with van der Waals surface area (Å²) in [6.07, 6.45) is 0.139. The van der Waals surface area contributed by atoms with Crippen LogP contribution in [-0.4, -0.2) is 30.3 Å². The van der Waals surface area contributed by atoms with E-state index < -0.39 is 6.10 Å². The van der Waals surface area contributed by atoms with Gasteiger partial charge in [0.1, 0.15) is 5.75 Å². The fraction of sp³-hybridized carbons (Fsp3) is 0.462. The zero-order valence-corrected chi connectivity index (χ0v) is 10.3. The van der Waals surface area contributed by atoms with Crippen LogP contribution in [0.25, 0.3) is 0 Å². The summed E-state index contributed by atoms with van der Waals surface area (Å²) in [5.74, 6) is 0.416. The lowest BCUT2D eigenvalue weighted by atomic mass is 10.2. The van der Waals surface area contributed by atoms with Crippen LogP contribution in [-0.2, 0) is 0 Å². The zero-order chi connectivity index (χ0) is 12.7. The van der Waals surface area contributed by atoms with Crippen LogP contribution in [0.2, 0.25) is 0 Å². The van der Waals surface area contributed by atoms with E-state index in [0.717, 1.165) is 0 Å². The maximum absolute atomic E-state index is 11.8. The van der Waals surface area contributed by atoms with Gasteiger partial charge in [-0.15, -0.1) is 0 Å². The first-order valence-electron chi connectivity index (χ1n) is 5.83. The number of amides is 1. The number of hydrogen-bond donors (Lipinski definition) is 2. The van der Waals surface area contributed by atoms with Crippen molar-refractivity contribution in [1.82, 2.24) is 5.32 Å². The third kappa shape index (κ3) is 4.44. The molecule has 4 heteroatoms. The number of carbonyl (C=O) groups is 1. The van der Waals surface area contributed by atoms with Crippen LogP contribution in [0.1, 0.15) is 30.6 Å². The van der Waals surface area contributed by atoms with Crippen molar-refractivity contribution < 1.29 is 14.6 Å². The van der Waals surface area contributed by atoms with Gasteiger partial charge in [-0.1, -0.05) is 12.1 Å². The molecule has 0 aliphatic heterocycles. The summed E-state index contributed by atoms with van der Waals surface area (Å²) in [6.45, 7) is 4.55. The summed E-state index contributed by atoms with van der Waals surface area (Å²) < 4.78 is 5.38. The van der Waals surface area contributed by atoms with Gasteiger partial charge in [-0.3, -0.25) is 4.79 Å². The highest BCUT2D eigenvalue weighted by atomic mass is 16.5. The second-order valence-corrected chi connectivity index (χ2v) is 3.82. The maximum Gasteiger partial charge on any atom is 0.255 e. The summed E-state index contributed by atoms with van der Waals surface area (Å²) in [5, 5.41) is 11.8. The van der Waals surface area contributed by atoms with Crippen molar-refractivity contribution in [3.8, 4) is 5.75 Å². The van der Waals surface area contributed by atoms with Crippen molar-refractivity contribution in [2.45, 2.75) is 26.4 Å². The molecule has 0 bridgehead atoms. The number of carbonyl (C=O) groups excluding carboxylic acids is 1. The molecule has 0 heterocycles. The normalized spacial score (nSPS) is 11.9. The number of para-hydroxylation sites is 1. The molecule has 1 unspecified atom stereocenters. The first-order valence-corrected chi connectivity index (χ1v) is 5.83. The van der Waals surface area contributed by atoms with Crippen LogP contribution in [0, 0.1) is 0 Å². The van der Waals surface area contributed by atoms with Crippen molar-refractivity contribution in [2.24, 2.45) is 0 Å². The molecule has 0 aliphatic rings. The van der Waals surface area contributed by atoms with E-state index in [1.165, 1.54) is 0 Å². The fourth-order valence-electron chi connectivity index (χ4n) is 1.43. The molecule has 17 heavy (non-hydrogen) atoms. The Bertz CT molecular complexity index is 363. The molecule has 1 aromatic carbocycles. The average molecular weight is 237 g/mol. The second kappa shape index (κ2) is 6.91. The van der Waals surface area contributed by atoms with Crippen LogP contribution in [0.4, 0.5) is 0 Å². The van der Waals surface area contributed by atoms with E-state index in [0.29, 0.717) is 30.9 Å². The monoisotopic (exact) mass is 237 g/mol. The Morgan fingerprint density at radius 2 is 2.18 bits per heavy atom. The summed E-state index contributed by atoms with van der Waals surface area (Å²) in [6, 6.07) is 7.12. The molecule has 94 valence electrons. The quantitative estimate of drug-likeness (QED) is 0.790. The molecule has 0 aliphatic carbocycles. The molecule has 0 saturated carbocycles. The van der Waals surface area contributed by atoms with Gasteiger partial charge in [0.25, 0.3) is 5.91 Å². The Kier molecular flexibility index (Phi) is 5.49. The molecule has 1 atom stereocenters. The predicted molar refractivity (Wildman–Crippen MR) is 66.2 cm³/mol. The number of hydrogen-bond acceptors (Lipinski definition) is 3. The Labute approximate surface area is 102 Å². The van der Waals surface area contributed by atoms with Gasteiger partial charge in [0, 0.05) is 6.54 Å². The van der Waals surface area contributed by atoms with Gasteiger partial charge in [0.15, 0.2) is 0 Å². The largest absolute Gasteiger partial charge is 0.493 e. The van der Waals surface area contributed by atoms with Crippen LogP contribution in [0.3, 0.4) is 0 Å². The van der Waals surface area contributed by atoms with Crippen molar-refractivity contribution in [2.75, 3.05) is 13.2 Å². The molecule has 4 nitrogen and oxygen atoms in total. The summed E-state index contributed by atoms with van der Waals surface area (Å²) >= 11 is 0. The number of aliphatic hydroxyl groups excluding tert-OH is 1. The summed E-state index contributed by atoms with van der Waals surface area (Å²) in [4.78, 5) is 11.8. The SMILES string of the molecule is CCOc1ccccc1C(=O)NCCC(C)O. The summed E-state index contributed by atoms with van der Waals surface area (Å²) in [5.41, 5.74) is 0.528. The van der Waals surface area contributed by atoms with Gasteiger partial charge in [-0.25, -0.2) is 0 Å². The molecule has 1 rings (SSSR count). The molecule has 1 amide bonds. The molecule has 0 spiro atoms. The highest BCUT2D eigenvalue weighted by molar-refractivity contribution is 5.96. The lowest BCUT2D eigenvalue weighted by Crippen LogP contribution is -2.26. The Balaban J connectivity index is 2.61. The van der Waals surface area contributed by atoms with Crippen molar-refractivity contribution in [3.05, 3.63) is 29.8 Å². The van der Waals surface area contributed by atoms with Crippen LogP contribution >= 0.6 is 0 Å². The molecule has 0 fully saturated rings. The highest BCUT2D eigenvalue weighted by Crippen LogP contribution is 2.17. The van der Waals surface area contributed by atoms with Gasteiger partial charge >= 0.3 is 0 Å². The number of ether oxygens (including phenoxy) is 1. The Hall–Kier alpha value is -1.55.